The van der Waals surface area contributed by atoms with Crippen molar-refractivity contribution in [2.45, 2.75) is 32.9 Å². The molecule has 2 aromatic rings. The molecule has 0 aromatic carbocycles. The quantitative estimate of drug-likeness (QED) is 0.936. The second kappa shape index (κ2) is 7.00. The number of aromatic nitrogens is 1. The first-order valence-corrected chi connectivity index (χ1v) is 8.59. The third kappa shape index (κ3) is 4.01. The number of hydrogen-bond donors (Lipinski definition) is 1. The Morgan fingerprint density at radius 3 is 3.09 bits per heavy atom. The Morgan fingerprint density at radius 1 is 1.52 bits per heavy atom. The summed E-state index contributed by atoms with van der Waals surface area (Å²) in [7, 11) is 0. The predicted molar refractivity (Wildman–Crippen MR) is 90.9 cm³/mol. The number of pyridine rings is 1. The zero-order valence-corrected chi connectivity index (χ0v) is 14.2. The molecule has 0 saturated carbocycles. The molecular formula is C17H21N3O2S. The Hall–Kier alpha value is -2.08. The summed E-state index contributed by atoms with van der Waals surface area (Å²) in [6.45, 7) is 6.09. The van der Waals surface area contributed by atoms with Crippen LogP contribution in [-0.4, -0.2) is 35.1 Å². The molecule has 3 heterocycles. The molecule has 0 spiro atoms. The lowest BCUT2D eigenvalue weighted by molar-refractivity contribution is 0.186. The summed E-state index contributed by atoms with van der Waals surface area (Å²) in [5, 5.41) is 3.01. The Labute approximate surface area is 140 Å². The summed E-state index contributed by atoms with van der Waals surface area (Å²) < 4.78 is 5.86. The van der Waals surface area contributed by atoms with Crippen molar-refractivity contribution >= 4 is 17.4 Å². The lowest BCUT2D eigenvalue weighted by atomic mass is 10.2. The molecule has 0 bridgehead atoms. The zero-order valence-electron chi connectivity index (χ0n) is 13.4. The second-order valence-corrected chi connectivity index (χ2v) is 7.22. The summed E-state index contributed by atoms with van der Waals surface area (Å²) in [6.07, 6.45) is 4.30. The summed E-state index contributed by atoms with van der Waals surface area (Å²) in [6, 6.07) is 5.85. The first-order chi connectivity index (χ1) is 11.1. The number of likely N-dealkylation sites (tertiary alicyclic amines) is 1. The van der Waals surface area contributed by atoms with Gasteiger partial charge in [-0.05, 0) is 37.6 Å². The van der Waals surface area contributed by atoms with Crippen LogP contribution in [-0.2, 0) is 6.54 Å². The zero-order chi connectivity index (χ0) is 16.2. The number of thiophene rings is 1. The smallest absolute Gasteiger partial charge is 0.317 e. The first kappa shape index (κ1) is 15.8. The molecule has 5 nitrogen and oxygen atoms in total. The van der Waals surface area contributed by atoms with Gasteiger partial charge in [-0.3, -0.25) is 4.98 Å². The van der Waals surface area contributed by atoms with Gasteiger partial charge >= 0.3 is 6.03 Å². The van der Waals surface area contributed by atoms with Crippen LogP contribution in [0.3, 0.4) is 0 Å². The van der Waals surface area contributed by atoms with Crippen LogP contribution in [0.5, 0.6) is 5.75 Å². The van der Waals surface area contributed by atoms with Crippen LogP contribution in [0.2, 0.25) is 0 Å². The monoisotopic (exact) mass is 331 g/mol. The molecule has 2 amide bonds. The fourth-order valence-corrected chi connectivity index (χ4v) is 3.71. The van der Waals surface area contributed by atoms with Crippen molar-refractivity contribution in [1.82, 2.24) is 15.2 Å². The Bertz CT molecular complexity index is 672. The van der Waals surface area contributed by atoms with E-state index in [1.165, 1.54) is 15.3 Å². The Balaban J connectivity index is 1.48. The minimum atomic E-state index is -0.0226. The van der Waals surface area contributed by atoms with E-state index in [9.17, 15) is 4.79 Å². The van der Waals surface area contributed by atoms with Crippen LogP contribution in [0, 0.1) is 13.8 Å². The fraction of sp³-hybridized carbons (Fsp3) is 0.412. The van der Waals surface area contributed by atoms with Gasteiger partial charge in [0.2, 0.25) is 0 Å². The maximum atomic E-state index is 12.3. The maximum absolute atomic E-state index is 12.3. The molecule has 1 N–H and O–H groups in total. The highest BCUT2D eigenvalue weighted by Crippen LogP contribution is 2.21. The van der Waals surface area contributed by atoms with E-state index < -0.39 is 0 Å². The number of nitrogens with one attached hydrogen (secondary N) is 1. The van der Waals surface area contributed by atoms with Gasteiger partial charge in [-0.15, -0.1) is 11.3 Å². The second-order valence-electron chi connectivity index (χ2n) is 5.76. The largest absolute Gasteiger partial charge is 0.487 e. The van der Waals surface area contributed by atoms with Crippen molar-refractivity contribution in [3.05, 3.63) is 45.9 Å². The number of urea groups is 1. The molecule has 3 rings (SSSR count). The number of nitrogens with zero attached hydrogens (tertiary/aromatic N) is 2. The third-order valence-electron chi connectivity index (χ3n) is 3.94. The van der Waals surface area contributed by atoms with Crippen molar-refractivity contribution in [2.75, 3.05) is 13.1 Å². The average molecular weight is 331 g/mol. The molecular weight excluding hydrogens is 310 g/mol. The number of ether oxygens (including phenoxy) is 1. The normalized spacial score (nSPS) is 17.3. The number of rotatable bonds is 4. The highest BCUT2D eigenvalue weighted by atomic mass is 32.1. The molecule has 6 heteroatoms. The van der Waals surface area contributed by atoms with Crippen molar-refractivity contribution in [2.24, 2.45) is 0 Å². The van der Waals surface area contributed by atoms with Crippen molar-refractivity contribution < 1.29 is 9.53 Å². The molecule has 23 heavy (non-hydrogen) atoms. The van der Waals surface area contributed by atoms with Crippen LogP contribution in [0.4, 0.5) is 4.79 Å². The van der Waals surface area contributed by atoms with E-state index in [1.54, 1.807) is 23.7 Å². The number of hydrogen-bond acceptors (Lipinski definition) is 4. The lowest BCUT2D eigenvalue weighted by Crippen LogP contribution is -2.39. The molecule has 122 valence electrons. The van der Waals surface area contributed by atoms with Gasteiger partial charge in [-0.1, -0.05) is 0 Å². The van der Waals surface area contributed by atoms with Crippen LogP contribution < -0.4 is 10.1 Å². The predicted octanol–water partition coefficient (Wildman–Crippen LogP) is 3.12. The summed E-state index contributed by atoms with van der Waals surface area (Å²) in [4.78, 5) is 20.7. The Kier molecular flexibility index (Phi) is 4.81. The lowest BCUT2D eigenvalue weighted by Gasteiger charge is -2.18. The first-order valence-electron chi connectivity index (χ1n) is 7.77. The van der Waals surface area contributed by atoms with E-state index in [0.717, 1.165) is 18.7 Å². The molecule has 1 fully saturated rings. The number of carbonyl (C=O) groups is 1. The topological polar surface area (TPSA) is 54.5 Å². The van der Waals surface area contributed by atoms with Gasteiger partial charge in [0.05, 0.1) is 12.7 Å². The van der Waals surface area contributed by atoms with E-state index in [2.05, 4.69) is 30.2 Å². The number of carbonyl (C=O) groups excluding carboxylic acids is 1. The van der Waals surface area contributed by atoms with Crippen LogP contribution in [0.1, 0.15) is 21.7 Å². The minimum Gasteiger partial charge on any atom is -0.487 e. The number of aryl methyl sites for hydroxylation is 2. The van der Waals surface area contributed by atoms with Crippen LogP contribution >= 0.6 is 11.3 Å². The standard InChI is InChI=1S/C17H21N3O2S/c1-12-8-14(13(2)23-12)9-19-17(21)20-7-5-16(11-20)22-15-4-3-6-18-10-15/h3-4,6,8,10,16H,5,7,9,11H2,1-2H3,(H,19,21)/t16-/m1/s1. The average Bonchev–Trinajstić information content (AvgIpc) is 3.12. The van der Waals surface area contributed by atoms with Gasteiger partial charge in [0, 0.05) is 35.5 Å². The molecule has 1 aliphatic heterocycles. The summed E-state index contributed by atoms with van der Waals surface area (Å²) in [5.41, 5.74) is 1.20. The molecule has 1 aliphatic rings. The molecule has 0 unspecified atom stereocenters. The van der Waals surface area contributed by atoms with Gasteiger partial charge < -0.3 is 15.0 Å². The van der Waals surface area contributed by atoms with E-state index in [0.29, 0.717) is 13.1 Å². The highest BCUT2D eigenvalue weighted by Gasteiger charge is 2.27. The van der Waals surface area contributed by atoms with E-state index in [4.69, 9.17) is 4.74 Å². The Morgan fingerprint density at radius 2 is 2.39 bits per heavy atom. The van der Waals surface area contributed by atoms with E-state index >= 15 is 0 Å². The number of amides is 2. The van der Waals surface area contributed by atoms with E-state index in [-0.39, 0.29) is 12.1 Å². The van der Waals surface area contributed by atoms with Crippen molar-refractivity contribution in [3.8, 4) is 5.75 Å². The maximum Gasteiger partial charge on any atom is 0.317 e. The third-order valence-corrected chi connectivity index (χ3v) is 4.95. The van der Waals surface area contributed by atoms with Crippen LogP contribution in [0.15, 0.2) is 30.6 Å². The van der Waals surface area contributed by atoms with Gasteiger partial charge in [0.15, 0.2) is 0 Å². The van der Waals surface area contributed by atoms with Crippen LogP contribution in [0.25, 0.3) is 0 Å². The molecule has 1 saturated heterocycles. The summed E-state index contributed by atoms with van der Waals surface area (Å²) >= 11 is 1.76. The molecule has 1 atom stereocenters. The van der Waals surface area contributed by atoms with Gasteiger partial charge in [0.25, 0.3) is 0 Å². The van der Waals surface area contributed by atoms with Gasteiger partial charge in [-0.2, -0.15) is 0 Å². The minimum absolute atomic E-state index is 0.0226. The van der Waals surface area contributed by atoms with Crippen molar-refractivity contribution in [3.63, 3.8) is 0 Å². The highest BCUT2D eigenvalue weighted by molar-refractivity contribution is 7.12. The fourth-order valence-electron chi connectivity index (χ4n) is 2.76. The molecule has 2 aromatic heterocycles. The van der Waals surface area contributed by atoms with E-state index in [1.807, 2.05) is 17.0 Å². The van der Waals surface area contributed by atoms with Gasteiger partial charge in [-0.25, -0.2) is 4.79 Å². The molecule has 0 aliphatic carbocycles. The van der Waals surface area contributed by atoms with Gasteiger partial charge in [0.1, 0.15) is 11.9 Å². The summed E-state index contributed by atoms with van der Waals surface area (Å²) in [5.74, 6) is 0.754. The van der Waals surface area contributed by atoms with Crippen molar-refractivity contribution in [1.29, 1.82) is 0 Å². The SMILES string of the molecule is Cc1cc(CNC(=O)N2CC[C@@H](Oc3cccnc3)C2)c(C)s1. The molecule has 0 radical (unpaired) electrons.